The number of anilines is 1. The van der Waals surface area contributed by atoms with Gasteiger partial charge in [0.2, 0.25) is 5.91 Å². The van der Waals surface area contributed by atoms with Gasteiger partial charge >= 0.3 is 0 Å². The van der Waals surface area contributed by atoms with E-state index in [1.54, 1.807) is 6.92 Å². The number of hydrogen-bond donors (Lipinski definition) is 1. The number of nitrogens with zero attached hydrogens (tertiary/aromatic N) is 1. The molecule has 0 saturated carbocycles. The van der Waals surface area contributed by atoms with Crippen molar-refractivity contribution in [2.24, 2.45) is 5.41 Å². The highest BCUT2D eigenvalue weighted by atomic mass is 79.9. The van der Waals surface area contributed by atoms with Gasteiger partial charge in [-0.05, 0) is 38.0 Å². The summed E-state index contributed by atoms with van der Waals surface area (Å²) in [7, 11) is 0. The summed E-state index contributed by atoms with van der Waals surface area (Å²) in [6, 6.07) is 7.64. The summed E-state index contributed by atoms with van der Waals surface area (Å²) in [4.78, 5) is 12.0. The maximum Gasteiger partial charge on any atom is 0.244 e. The third-order valence-electron chi connectivity index (χ3n) is 2.97. The minimum Gasteiger partial charge on any atom is -0.324 e. The number of hydrogen-bond acceptors (Lipinski definition) is 2. The zero-order valence-electron chi connectivity index (χ0n) is 10.2. The fourth-order valence-electron chi connectivity index (χ4n) is 1.29. The van der Waals surface area contributed by atoms with Gasteiger partial charge in [0, 0.05) is 10.2 Å². The number of nitriles is 1. The monoisotopic (exact) mass is 294 g/mol. The van der Waals surface area contributed by atoms with Gasteiger partial charge in [-0.15, -0.1) is 0 Å². The summed E-state index contributed by atoms with van der Waals surface area (Å²) in [6.45, 7) is 5.39. The molecule has 1 N–H and O–H groups in total. The molecule has 0 saturated heterocycles. The Kier molecular flexibility index (Phi) is 4.30. The molecule has 1 atom stereocenters. The van der Waals surface area contributed by atoms with Crippen molar-refractivity contribution in [2.75, 3.05) is 5.32 Å². The van der Waals surface area contributed by atoms with Crippen molar-refractivity contribution in [2.45, 2.75) is 27.2 Å². The lowest BCUT2D eigenvalue weighted by Crippen LogP contribution is -2.31. The number of carbonyl (C=O) groups excluding carboxylic acids is 1. The number of halogens is 1. The van der Waals surface area contributed by atoms with Gasteiger partial charge in [0.15, 0.2) is 0 Å². The van der Waals surface area contributed by atoms with Crippen LogP contribution in [0.1, 0.15) is 25.8 Å². The fraction of sp³-hybridized carbons (Fsp3) is 0.385. The summed E-state index contributed by atoms with van der Waals surface area (Å²) in [5.41, 5.74) is 0.714. The maximum atomic E-state index is 12.0. The van der Waals surface area contributed by atoms with Crippen molar-refractivity contribution >= 4 is 27.5 Å². The molecule has 0 aliphatic rings. The standard InChI is InChI=1S/C13H15BrN2O/c1-4-13(3,8-15)12(17)16-11-7-5-6-10(14)9(11)2/h5-7H,4H2,1-3H3,(H,16,17). The molecule has 0 aliphatic carbocycles. The van der Waals surface area contributed by atoms with E-state index < -0.39 is 5.41 Å². The van der Waals surface area contributed by atoms with Crippen molar-refractivity contribution in [3.8, 4) is 6.07 Å². The highest BCUT2D eigenvalue weighted by molar-refractivity contribution is 9.10. The summed E-state index contributed by atoms with van der Waals surface area (Å²) in [6.07, 6.45) is 0.488. The van der Waals surface area contributed by atoms with Crippen LogP contribution in [0.25, 0.3) is 0 Å². The summed E-state index contributed by atoms with van der Waals surface area (Å²) in [5.74, 6) is -0.260. The number of amides is 1. The molecular formula is C13H15BrN2O. The first-order chi connectivity index (χ1) is 7.94. The van der Waals surface area contributed by atoms with E-state index >= 15 is 0 Å². The van der Waals surface area contributed by atoms with Gasteiger partial charge in [0.25, 0.3) is 0 Å². The molecule has 90 valence electrons. The van der Waals surface area contributed by atoms with Crippen molar-refractivity contribution in [3.63, 3.8) is 0 Å². The SMILES string of the molecule is CCC(C)(C#N)C(=O)Nc1cccc(Br)c1C. The van der Waals surface area contributed by atoms with Crippen LogP contribution in [0.2, 0.25) is 0 Å². The van der Waals surface area contributed by atoms with Crippen LogP contribution in [0.15, 0.2) is 22.7 Å². The van der Waals surface area contributed by atoms with Crippen LogP contribution in [0.5, 0.6) is 0 Å². The maximum absolute atomic E-state index is 12.0. The Balaban J connectivity index is 2.97. The van der Waals surface area contributed by atoms with Crippen LogP contribution in [-0.2, 0) is 4.79 Å². The Morgan fingerprint density at radius 2 is 2.24 bits per heavy atom. The molecule has 0 radical (unpaired) electrons. The molecule has 17 heavy (non-hydrogen) atoms. The van der Waals surface area contributed by atoms with Crippen LogP contribution in [0, 0.1) is 23.7 Å². The average Bonchev–Trinajstić information content (AvgIpc) is 2.33. The van der Waals surface area contributed by atoms with Gasteiger partial charge < -0.3 is 5.32 Å². The summed E-state index contributed by atoms with van der Waals surface area (Å²) in [5, 5.41) is 11.8. The lowest BCUT2D eigenvalue weighted by Gasteiger charge is -2.19. The molecule has 3 nitrogen and oxygen atoms in total. The Labute approximate surface area is 110 Å². The third-order valence-corrected chi connectivity index (χ3v) is 3.83. The topological polar surface area (TPSA) is 52.9 Å². The summed E-state index contributed by atoms with van der Waals surface area (Å²) >= 11 is 3.40. The van der Waals surface area contributed by atoms with E-state index in [1.165, 1.54) is 0 Å². The minimum absolute atomic E-state index is 0.260. The average molecular weight is 295 g/mol. The molecule has 0 spiro atoms. The molecule has 1 aromatic carbocycles. The largest absolute Gasteiger partial charge is 0.324 e. The minimum atomic E-state index is -0.977. The van der Waals surface area contributed by atoms with Crippen molar-refractivity contribution < 1.29 is 4.79 Å². The van der Waals surface area contributed by atoms with Crippen LogP contribution in [-0.4, -0.2) is 5.91 Å². The van der Waals surface area contributed by atoms with Crippen LogP contribution in [0.3, 0.4) is 0 Å². The van der Waals surface area contributed by atoms with Crippen LogP contribution < -0.4 is 5.32 Å². The number of nitrogens with one attached hydrogen (secondary N) is 1. The quantitative estimate of drug-likeness (QED) is 0.925. The normalized spacial score (nSPS) is 13.6. The second-order valence-corrected chi connectivity index (χ2v) is 5.02. The first-order valence-corrected chi connectivity index (χ1v) is 6.21. The van der Waals surface area contributed by atoms with E-state index in [9.17, 15) is 4.79 Å². The van der Waals surface area contributed by atoms with Crippen molar-refractivity contribution in [1.29, 1.82) is 5.26 Å². The Morgan fingerprint density at radius 1 is 1.59 bits per heavy atom. The zero-order valence-corrected chi connectivity index (χ0v) is 11.8. The smallest absolute Gasteiger partial charge is 0.244 e. The van der Waals surface area contributed by atoms with E-state index in [0.29, 0.717) is 6.42 Å². The number of rotatable bonds is 3. The molecule has 1 amide bonds. The van der Waals surface area contributed by atoms with E-state index in [1.807, 2.05) is 32.0 Å². The number of carbonyl (C=O) groups is 1. The molecular weight excluding hydrogens is 280 g/mol. The molecule has 0 aromatic heterocycles. The van der Waals surface area contributed by atoms with Gasteiger partial charge in [0.1, 0.15) is 5.41 Å². The fourth-order valence-corrected chi connectivity index (χ4v) is 1.66. The van der Waals surface area contributed by atoms with Gasteiger partial charge in [0.05, 0.1) is 6.07 Å². The van der Waals surface area contributed by atoms with Crippen LogP contribution >= 0.6 is 15.9 Å². The summed E-state index contributed by atoms with van der Waals surface area (Å²) < 4.78 is 0.936. The van der Waals surface area contributed by atoms with E-state index in [-0.39, 0.29) is 5.91 Å². The molecule has 1 aromatic rings. The van der Waals surface area contributed by atoms with Gasteiger partial charge in [-0.3, -0.25) is 4.79 Å². The zero-order chi connectivity index (χ0) is 13.1. The van der Waals surface area contributed by atoms with Crippen molar-refractivity contribution in [1.82, 2.24) is 0 Å². The van der Waals surface area contributed by atoms with E-state index in [2.05, 4.69) is 27.3 Å². The first-order valence-electron chi connectivity index (χ1n) is 5.42. The third kappa shape index (κ3) is 2.86. The molecule has 4 heteroatoms. The van der Waals surface area contributed by atoms with Crippen molar-refractivity contribution in [3.05, 3.63) is 28.2 Å². The Bertz CT molecular complexity index is 479. The lowest BCUT2D eigenvalue weighted by atomic mass is 9.88. The van der Waals surface area contributed by atoms with Crippen LogP contribution in [0.4, 0.5) is 5.69 Å². The molecule has 1 rings (SSSR count). The Hall–Kier alpha value is -1.34. The Morgan fingerprint density at radius 3 is 2.76 bits per heavy atom. The molecule has 0 aliphatic heterocycles. The molecule has 0 heterocycles. The van der Waals surface area contributed by atoms with Gasteiger partial charge in [-0.25, -0.2) is 0 Å². The molecule has 1 unspecified atom stereocenters. The first kappa shape index (κ1) is 13.7. The highest BCUT2D eigenvalue weighted by Crippen LogP contribution is 2.27. The molecule has 0 fully saturated rings. The lowest BCUT2D eigenvalue weighted by molar-refractivity contribution is -0.122. The highest BCUT2D eigenvalue weighted by Gasteiger charge is 2.31. The van der Waals surface area contributed by atoms with E-state index in [4.69, 9.17) is 5.26 Å². The second-order valence-electron chi connectivity index (χ2n) is 4.16. The predicted molar refractivity (Wildman–Crippen MR) is 71.5 cm³/mol. The second kappa shape index (κ2) is 5.33. The number of benzene rings is 1. The van der Waals surface area contributed by atoms with E-state index in [0.717, 1.165) is 15.7 Å². The van der Waals surface area contributed by atoms with Gasteiger partial charge in [-0.1, -0.05) is 28.9 Å². The molecule has 0 bridgehead atoms. The predicted octanol–water partition coefficient (Wildman–Crippen LogP) is 3.64. The van der Waals surface area contributed by atoms with Gasteiger partial charge in [-0.2, -0.15) is 5.26 Å².